The number of aromatic nitrogens is 3. The Kier molecular flexibility index (Phi) is 4.36. The van der Waals surface area contributed by atoms with Gasteiger partial charge in [-0.15, -0.1) is 5.10 Å². The molecule has 0 spiro atoms. The highest BCUT2D eigenvalue weighted by Gasteiger charge is 2.48. The number of pyridine rings is 1. The molecule has 1 fully saturated rings. The lowest BCUT2D eigenvalue weighted by molar-refractivity contribution is 0.273. The molecule has 118 valence electrons. The standard InChI is InChI=1S/C16H19BN4O2/c1-10-11(15(10)12-5-3-4-6-18-12)8-23-14-7-13(19-9-17)16(22)21(2)20-14/h3-7,10-11,15,19H,8-9H2,1-2H3. The van der Waals surface area contributed by atoms with Crippen LogP contribution in [0.1, 0.15) is 18.5 Å². The molecule has 0 aliphatic heterocycles. The second kappa shape index (κ2) is 6.44. The highest BCUT2D eigenvalue weighted by Crippen LogP contribution is 2.52. The van der Waals surface area contributed by atoms with Crippen LogP contribution >= 0.6 is 0 Å². The third-order valence-electron chi connectivity index (χ3n) is 4.35. The molecule has 23 heavy (non-hydrogen) atoms. The Morgan fingerprint density at radius 2 is 2.26 bits per heavy atom. The summed E-state index contributed by atoms with van der Waals surface area (Å²) in [7, 11) is 7.03. The van der Waals surface area contributed by atoms with E-state index in [-0.39, 0.29) is 12.0 Å². The van der Waals surface area contributed by atoms with Crippen LogP contribution < -0.4 is 15.6 Å². The van der Waals surface area contributed by atoms with Crippen LogP contribution in [0.3, 0.4) is 0 Å². The Hall–Kier alpha value is -2.31. The van der Waals surface area contributed by atoms with Gasteiger partial charge in [0.25, 0.3) is 5.56 Å². The third-order valence-corrected chi connectivity index (χ3v) is 4.35. The van der Waals surface area contributed by atoms with Gasteiger partial charge in [0.1, 0.15) is 5.69 Å². The quantitative estimate of drug-likeness (QED) is 0.810. The summed E-state index contributed by atoms with van der Waals surface area (Å²) in [5, 5.41) is 6.94. The summed E-state index contributed by atoms with van der Waals surface area (Å²) in [4.78, 5) is 16.3. The van der Waals surface area contributed by atoms with Crippen LogP contribution in [-0.4, -0.2) is 35.7 Å². The molecule has 2 radical (unpaired) electrons. The van der Waals surface area contributed by atoms with E-state index in [1.54, 1.807) is 13.1 Å². The van der Waals surface area contributed by atoms with Crippen molar-refractivity contribution < 1.29 is 4.74 Å². The maximum absolute atomic E-state index is 11.9. The van der Waals surface area contributed by atoms with Gasteiger partial charge in [-0.25, -0.2) is 4.68 Å². The fourth-order valence-electron chi connectivity index (χ4n) is 2.93. The molecule has 1 saturated carbocycles. The van der Waals surface area contributed by atoms with E-state index in [4.69, 9.17) is 12.6 Å². The monoisotopic (exact) mass is 310 g/mol. The lowest BCUT2D eigenvalue weighted by Crippen LogP contribution is -2.24. The summed E-state index contributed by atoms with van der Waals surface area (Å²) < 4.78 is 7.05. The average Bonchev–Trinajstić information content (AvgIpc) is 3.21. The Bertz CT molecular complexity index is 735. The van der Waals surface area contributed by atoms with Gasteiger partial charge < -0.3 is 10.1 Å². The molecule has 2 aromatic heterocycles. The molecule has 2 heterocycles. The molecule has 1 aliphatic carbocycles. The number of nitrogens with one attached hydrogen (secondary N) is 1. The molecular formula is C16H19BN4O2. The smallest absolute Gasteiger partial charge is 0.290 e. The van der Waals surface area contributed by atoms with Gasteiger partial charge in [0.15, 0.2) is 0 Å². The molecular weight excluding hydrogens is 291 g/mol. The van der Waals surface area contributed by atoms with Crippen molar-refractivity contribution in [2.45, 2.75) is 12.8 Å². The molecule has 1 N–H and O–H groups in total. The fourth-order valence-corrected chi connectivity index (χ4v) is 2.93. The maximum atomic E-state index is 11.9. The molecule has 3 rings (SSSR count). The lowest BCUT2D eigenvalue weighted by atomic mass is 10.1. The van der Waals surface area contributed by atoms with Crippen LogP contribution in [0.4, 0.5) is 5.69 Å². The zero-order chi connectivity index (χ0) is 16.4. The number of anilines is 1. The van der Waals surface area contributed by atoms with Gasteiger partial charge in [0, 0.05) is 36.8 Å². The molecule has 0 amide bonds. The van der Waals surface area contributed by atoms with Gasteiger partial charge in [-0.2, -0.15) is 0 Å². The van der Waals surface area contributed by atoms with Crippen molar-refractivity contribution in [3.05, 3.63) is 46.5 Å². The minimum absolute atomic E-state index is 0.181. The van der Waals surface area contributed by atoms with E-state index in [1.165, 1.54) is 4.68 Å². The molecule has 3 atom stereocenters. The molecule has 2 aromatic rings. The number of hydrogen-bond donors (Lipinski definition) is 1. The van der Waals surface area contributed by atoms with Crippen LogP contribution in [0.5, 0.6) is 5.88 Å². The highest BCUT2D eigenvalue weighted by atomic mass is 16.5. The lowest BCUT2D eigenvalue weighted by Gasteiger charge is -2.09. The zero-order valence-electron chi connectivity index (χ0n) is 13.3. The number of rotatable bonds is 6. The van der Waals surface area contributed by atoms with Gasteiger partial charge in [0.2, 0.25) is 5.88 Å². The van der Waals surface area contributed by atoms with Crippen LogP contribution in [-0.2, 0) is 7.05 Å². The van der Waals surface area contributed by atoms with E-state index in [2.05, 4.69) is 28.4 Å². The second-order valence-electron chi connectivity index (χ2n) is 5.82. The average molecular weight is 310 g/mol. The van der Waals surface area contributed by atoms with Gasteiger partial charge in [0.05, 0.1) is 14.5 Å². The van der Waals surface area contributed by atoms with Gasteiger partial charge in [-0.05, 0) is 24.5 Å². The summed E-state index contributed by atoms with van der Waals surface area (Å²) in [5.41, 5.74) is 1.27. The van der Waals surface area contributed by atoms with E-state index in [0.29, 0.717) is 35.9 Å². The Labute approximate surface area is 136 Å². The SMILES string of the molecule is [B]CNc1cc(OCC2C(C)C2c2ccccn2)nn(C)c1=O. The molecule has 7 heteroatoms. The molecule has 1 aliphatic rings. The molecule has 6 nitrogen and oxygen atoms in total. The first-order chi connectivity index (χ1) is 11.1. The van der Waals surface area contributed by atoms with Crippen molar-refractivity contribution in [1.29, 1.82) is 0 Å². The Morgan fingerprint density at radius 1 is 1.43 bits per heavy atom. The first-order valence-corrected chi connectivity index (χ1v) is 7.68. The Morgan fingerprint density at radius 3 is 2.96 bits per heavy atom. The van der Waals surface area contributed by atoms with Crippen LogP contribution in [0.25, 0.3) is 0 Å². The number of hydrogen-bond acceptors (Lipinski definition) is 5. The number of nitrogens with zero attached hydrogens (tertiary/aromatic N) is 3. The topological polar surface area (TPSA) is 69.0 Å². The first kappa shape index (κ1) is 15.6. The molecule has 0 aromatic carbocycles. The predicted molar refractivity (Wildman–Crippen MR) is 88.8 cm³/mol. The van der Waals surface area contributed by atoms with Crippen molar-refractivity contribution >= 4 is 13.5 Å². The van der Waals surface area contributed by atoms with E-state index in [0.717, 1.165) is 5.69 Å². The van der Waals surface area contributed by atoms with Crippen LogP contribution in [0.15, 0.2) is 35.3 Å². The highest BCUT2D eigenvalue weighted by molar-refractivity contribution is 6.10. The summed E-state index contributed by atoms with van der Waals surface area (Å²) in [6.45, 7) is 2.75. The number of ether oxygens (including phenoxy) is 1. The summed E-state index contributed by atoms with van der Waals surface area (Å²) in [6.07, 6.45) is 2.00. The van der Waals surface area contributed by atoms with Crippen molar-refractivity contribution in [3.63, 3.8) is 0 Å². The number of aryl methyl sites for hydroxylation is 1. The van der Waals surface area contributed by atoms with Gasteiger partial charge in [-0.3, -0.25) is 9.78 Å². The van der Waals surface area contributed by atoms with Crippen molar-refractivity contribution in [1.82, 2.24) is 14.8 Å². The van der Waals surface area contributed by atoms with E-state index >= 15 is 0 Å². The third kappa shape index (κ3) is 3.23. The normalized spacial score (nSPS) is 22.6. The van der Waals surface area contributed by atoms with Crippen molar-refractivity contribution in [3.8, 4) is 5.88 Å². The second-order valence-corrected chi connectivity index (χ2v) is 5.82. The summed E-state index contributed by atoms with van der Waals surface area (Å²) >= 11 is 0. The minimum Gasteiger partial charge on any atom is -0.476 e. The van der Waals surface area contributed by atoms with E-state index in [1.807, 2.05) is 18.3 Å². The molecule has 0 bridgehead atoms. The Balaban J connectivity index is 1.66. The summed E-state index contributed by atoms with van der Waals surface area (Å²) in [5.74, 6) is 1.78. The van der Waals surface area contributed by atoms with Crippen LogP contribution in [0, 0.1) is 11.8 Å². The summed E-state index contributed by atoms with van der Waals surface area (Å²) in [6, 6.07) is 7.57. The van der Waals surface area contributed by atoms with E-state index < -0.39 is 0 Å². The predicted octanol–water partition coefficient (Wildman–Crippen LogP) is 1.14. The van der Waals surface area contributed by atoms with Gasteiger partial charge >= 0.3 is 0 Å². The molecule has 3 unspecified atom stereocenters. The minimum atomic E-state index is -0.228. The van der Waals surface area contributed by atoms with Gasteiger partial charge in [-0.1, -0.05) is 13.0 Å². The first-order valence-electron chi connectivity index (χ1n) is 7.68. The largest absolute Gasteiger partial charge is 0.476 e. The van der Waals surface area contributed by atoms with Crippen molar-refractivity contribution in [2.24, 2.45) is 18.9 Å². The van der Waals surface area contributed by atoms with E-state index in [9.17, 15) is 4.79 Å². The maximum Gasteiger partial charge on any atom is 0.290 e. The van der Waals surface area contributed by atoms with Crippen LogP contribution in [0.2, 0.25) is 0 Å². The zero-order valence-corrected chi connectivity index (χ0v) is 13.3. The van der Waals surface area contributed by atoms with Crippen molar-refractivity contribution in [2.75, 3.05) is 18.4 Å². The molecule has 0 saturated heterocycles. The fraction of sp³-hybridized carbons (Fsp3) is 0.438.